The predicted molar refractivity (Wildman–Crippen MR) is 114 cm³/mol. The fourth-order valence-corrected chi connectivity index (χ4v) is 2.78. The topological polar surface area (TPSA) is 55.4 Å². The minimum Gasteiger partial charge on any atom is -0.452 e. The number of nitrogens with one attached hydrogen (secondary N) is 1. The molecule has 4 nitrogen and oxygen atoms in total. The number of anilines is 1. The zero-order valence-corrected chi connectivity index (χ0v) is 18.1. The molecule has 2 aromatic rings. The third kappa shape index (κ3) is 6.10. The van der Waals surface area contributed by atoms with Crippen molar-refractivity contribution in [2.45, 2.75) is 52.4 Å². The van der Waals surface area contributed by atoms with Gasteiger partial charge in [0.15, 0.2) is 6.61 Å². The molecular weight excluding hydrogens is 374 g/mol. The third-order valence-electron chi connectivity index (χ3n) is 4.34. The van der Waals surface area contributed by atoms with Crippen LogP contribution in [0.3, 0.4) is 0 Å². The van der Waals surface area contributed by atoms with Gasteiger partial charge in [0.25, 0.3) is 5.91 Å². The SMILES string of the molecule is CC(C)(C)c1cc(C(=O)OCC(=O)Nc2cccc(Cl)c2)cc(C(C)(C)C)c1. The number of benzene rings is 2. The Morgan fingerprint density at radius 2 is 1.50 bits per heavy atom. The van der Waals surface area contributed by atoms with Gasteiger partial charge in [-0.05, 0) is 52.3 Å². The van der Waals surface area contributed by atoms with Crippen LogP contribution in [-0.4, -0.2) is 18.5 Å². The molecule has 0 aromatic heterocycles. The number of halogens is 1. The molecule has 28 heavy (non-hydrogen) atoms. The first-order valence-electron chi connectivity index (χ1n) is 9.25. The molecule has 1 N–H and O–H groups in total. The predicted octanol–water partition coefficient (Wildman–Crippen LogP) is 5.73. The lowest BCUT2D eigenvalue weighted by molar-refractivity contribution is -0.119. The lowest BCUT2D eigenvalue weighted by Crippen LogP contribution is -2.22. The highest BCUT2D eigenvalue weighted by Crippen LogP contribution is 2.30. The second kappa shape index (κ2) is 8.36. The van der Waals surface area contributed by atoms with Crippen LogP contribution in [-0.2, 0) is 20.4 Å². The van der Waals surface area contributed by atoms with E-state index in [9.17, 15) is 9.59 Å². The maximum absolute atomic E-state index is 12.6. The Morgan fingerprint density at radius 1 is 0.929 bits per heavy atom. The summed E-state index contributed by atoms with van der Waals surface area (Å²) in [5.74, 6) is -0.934. The summed E-state index contributed by atoms with van der Waals surface area (Å²) in [5, 5.41) is 3.18. The van der Waals surface area contributed by atoms with Crippen molar-refractivity contribution in [1.82, 2.24) is 0 Å². The largest absolute Gasteiger partial charge is 0.452 e. The van der Waals surface area contributed by atoms with Crippen molar-refractivity contribution in [2.24, 2.45) is 0 Å². The molecule has 0 aliphatic heterocycles. The highest BCUT2D eigenvalue weighted by molar-refractivity contribution is 6.30. The first kappa shape index (κ1) is 22.0. The van der Waals surface area contributed by atoms with E-state index in [1.807, 2.05) is 12.1 Å². The Kier molecular flexibility index (Phi) is 6.56. The number of rotatable bonds is 4. The Bertz CT molecular complexity index is 844. The van der Waals surface area contributed by atoms with Crippen molar-refractivity contribution in [3.05, 3.63) is 64.2 Å². The molecule has 0 fully saturated rings. The minimum atomic E-state index is -0.516. The van der Waals surface area contributed by atoms with Crippen molar-refractivity contribution in [1.29, 1.82) is 0 Å². The molecule has 0 saturated heterocycles. The number of esters is 1. The molecule has 0 atom stereocenters. The molecule has 0 aliphatic rings. The van der Waals surface area contributed by atoms with Crippen LogP contribution in [0.15, 0.2) is 42.5 Å². The summed E-state index contributed by atoms with van der Waals surface area (Å²) in [6.07, 6.45) is 0. The van der Waals surface area contributed by atoms with Gasteiger partial charge in [-0.2, -0.15) is 0 Å². The van der Waals surface area contributed by atoms with Crippen molar-refractivity contribution in [3.63, 3.8) is 0 Å². The first-order valence-corrected chi connectivity index (χ1v) is 9.62. The number of carbonyl (C=O) groups is 2. The van der Waals surface area contributed by atoms with E-state index in [4.69, 9.17) is 16.3 Å². The number of hydrogen-bond donors (Lipinski definition) is 1. The molecule has 1 amide bonds. The van der Waals surface area contributed by atoms with Crippen LogP contribution in [0, 0.1) is 0 Å². The monoisotopic (exact) mass is 401 g/mol. The number of ether oxygens (including phenoxy) is 1. The highest BCUT2D eigenvalue weighted by Gasteiger charge is 2.23. The molecule has 2 rings (SSSR count). The number of amides is 1. The Morgan fingerprint density at radius 3 is 2.00 bits per heavy atom. The van der Waals surface area contributed by atoms with Crippen LogP contribution in [0.1, 0.15) is 63.0 Å². The molecule has 0 heterocycles. The van der Waals surface area contributed by atoms with Crippen LogP contribution >= 0.6 is 11.6 Å². The average molecular weight is 402 g/mol. The van der Waals surface area contributed by atoms with E-state index in [1.54, 1.807) is 24.3 Å². The maximum atomic E-state index is 12.6. The zero-order valence-electron chi connectivity index (χ0n) is 17.4. The summed E-state index contributed by atoms with van der Waals surface area (Å²) in [5.41, 5.74) is 2.89. The van der Waals surface area contributed by atoms with Gasteiger partial charge in [0, 0.05) is 10.7 Å². The third-order valence-corrected chi connectivity index (χ3v) is 4.58. The summed E-state index contributed by atoms with van der Waals surface area (Å²) in [7, 11) is 0. The lowest BCUT2D eigenvalue weighted by Gasteiger charge is -2.25. The van der Waals surface area contributed by atoms with Crippen LogP contribution in [0.4, 0.5) is 5.69 Å². The average Bonchev–Trinajstić information content (AvgIpc) is 2.57. The van der Waals surface area contributed by atoms with Crippen molar-refractivity contribution in [3.8, 4) is 0 Å². The molecule has 0 unspecified atom stereocenters. The van der Waals surface area contributed by atoms with Gasteiger partial charge in [-0.1, -0.05) is 65.3 Å². The summed E-state index contributed by atoms with van der Waals surface area (Å²) in [6.45, 7) is 12.2. The van der Waals surface area contributed by atoms with E-state index >= 15 is 0 Å². The van der Waals surface area contributed by atoms with Gasteiger partial charge >= 0.3 is 5.97 Å². The van der Waals surface area contributed by atoms with E-state index < -0.39 is 11.9 Å². The summed E-state index contributed by atoms with van der Waals surface area (Å²) < 4.78 is 5.24. The summed E-state index contributed by atoms with van der Waals surface area (Å²) in [4.78, 5) is 24.7. The van der Waals surface area contributed by atoms with E-state index in [2.05, 4.69) is 52.9 Å². The molecule has 0 saturated carbocycles. The highest BCUT2D eigenvalue weighted by atomic mass is 35.5. The van der Waals surface area contributed by atoms with Crippen LogP contribution in [0.2, 0.25) is 5.02 Å². The van der Waals surface area contributed by atoms with Crippen molar-refractivity contribution < 1.29 is 14.3 Å². The fraction of sp³-hybridized carbons (Fsp3) is 0.391. The van der Waals surface area contributed by atoms with Gasteiger partial charge in [0.1, 0.15) is 0 Å². The van der Waals surface area contributed by atoms with Gasteiger partial charge in [0.2, 0.25) is 0 Å². The molecule has 0 radical (unpaired) electrons. The smallest absolute Gasteiger partial charge is 0.338 e. The van der Waals surface area contributed by atoms with Crippen molar-refractivity contribution >= 4 is 29.2 Å². The van der Waals surface area contributed by atoms with Crippen LogP contribution in [0.5, 0.6) is 0 Å². The normalized spacial score (nSPS) is 11.8. The Balaban J connectivity index is 2.13. The second-order valence-electron chi connectivity index (χ2n) is 8.93. The van der Waals surface area contributed by atoms with Crippen LogP contribution < -0.4 is 5.32 Å². The standard InChI is InChI=1S/C23H28ClNO3/c1-22(2,3)16-10-15(11-17(12-16)23(4,5)6)21(27)28-14-20(26)25-19-9-7-8-18(24)13-19/h7-13H,14H2,1-6H3,(H,25,26). The zero-order chi connectivity index (χ0) is 21.1. The molecule has 2 aromatic carbocycles. The molecule has 150 valence electrons. The van der Waals surface area contributed by atoms with Gasteiger partial charge < -0.3 is 10.1 Å². The molecule has 0 aliphatic carbocycles. The molecular formula is C23H28ClNO3. The number of hydrogen-bond acceptors (Lipinski definition) is 3. The first-order chi connectivity index (χ1) is 12.9. The number of carbonyl (C=O) groups excluding carboxylic acids is 2. The van der Waals surface area contributed by atoms with Crippen molar-refractivity contribution in [2.75, 3.05) is 11.9 Å². The van der Waals surface area contributed by atoms with E-state index in [-0.39, 0.29) is 17.4 Å². The fourth-order valence-electron chi connectivity index (χ4n) is 2.59. The Labute approximate surface area is 172 Å². The summed E-state index contributed by atoms with van der Waals surface area (Å²) >= 11 is 5.90. The summed E-state index contributed by atoms with van der Waals surface area (Å²) in [6, 6.07) is 12.6. The molecule has 0 bridgehead atoms. The molecule has 5 heteroatoms. The quantitative estimate of drug-likeness (QED) is 0.665. The van der Waals surface area contributed by atoms with Gasteiger partial charge in [0.05, 0.1) is 5.56 Å². The van der Waals surface area contributed by atoms with Crippen LogP contribution in [0.25, 0.3) is 0 Å². The van der Waals surface area contributed by atoms with Gasteiger partial charge in [-0.3, -0.25) is 4.79 Å². The van der Waals surface area contributed by atoms with Gasteiger partial charge in [-0.15, -0.1) is 0 Å². The minimum absolute atomic E-state index is 0.111. The van der Waals surface area contributed by atoms with Gasteiger partial charge in [-0.25, -0.2) is 4.79 Å². The second-order valence-corrected chi connectivity index (χ2v) is 9.37. The van der Waals surface area contributed by atoms with E-state index in [1.165, 1.54) is 0 Å². The van der Waals surface area contributed by atoms with E-state index in [0.29, 0.717) is 16.3 Å². The van der Waals surface area contributed by atoms with E-state index in [0.717, 1.165) is 11.1 Å². The maximum Gasteiger partial charge on any atom is 0.338 e. The molecule has 0 spiro atoms. The lowest BCUT2D eigenvalue weighted by atomic mass is 9.79. The Hall–Kier alpha value is -2.33.